The van der Waals surface area contributed by atoms with Crippen molar-refractivity contribution in [2.45, 2.75) is 19.3 Å². The van der Waals surface area contributed by atoms with E-state index in [9.17, 15) is 0 Å². The molecule has 0 N–H and O–H groups in total. The fourth-order valence-corrected chi connectivity index (χ4v) is 24.2. The van der Waals surface area contributed by atoms with Crippen LogP contribution < -0.4 is 0 Å². The normalized spacial score (nSPS) is 12.6. The molecule has 134 heavy (non-hydrogen) atoms. The van der Waals surface area contributed by atoms with Gasteiger partial charge < -0.3 is 18.1 Å². The minimum atomic E-state index is -0.0422. The number of fused-ring (bicyclic) bond motifs is 36. The largest absolute Gasteiger partial charge is 0.456 e. The number of benzene rings is 24. The molecule has 0 fully saturated rings. The average Bonchev–Trinajstić information content (AvgIpc) is 1.64. The van der Waals surface area contributed by atoms with E-state index in [0.29, 0.717) is 0 Å². The highest BCUT2D eigenvalue weighted by atomic mass is 32.1. The van der Waals surface area contributed by atoms with Gasteiger partial charge in [0, 0.05) is 85.7 Å². The molecule has 0 radical (unpaired) electrons. The maximum Gasteiger partial charge on any atom is 0.135 e. The Labute approximate surface area is 775 Å². The Morgan fingerprint density at radius 2 is 0.448 bits per heavy atom. The molecular weight excluding hydrogens is 1640 g/mol. The van der Waals surface area contributed by atoms with Gasteiger partial charge in [-0.25, -0.2) is 0 Å². The predicted octanol–water partition coefficient (Wildman–Crippen LogP) is 36.3. The molecule has 5 heteroatoms. The second-order valence-corrected chi connectivity index (χ2v) is 37.8. The topological polar surface area (TPSA) is 27.9 Å². The summed E-state index contributed by atoms with van der Waals surface area (Å²) in [4.78, 5) is 0. The van der Waals surface area contributed by atoms with Crippen LogP contribution in [0, 0.1) is 0 Å². The summed E-state index contributed by atoms with van der Waals surface area (Å²) >= 11 is 1.87. The van der Waals surface area contributed by atoms with Crippen LogP contribution in [-0.2, 0) is 5.41 Å². The predicted molar refractivity (Wildman–Crippen MR) is 574 cm³/mol. The van der Waals surface area contributed by atoms with Gasteiger partial charge in [0.15, 0.2) is 0 Å². The Bertz CT molecular complexity index is 9610. The molecule has 1 aliphatic rings. The van der Waals surface area contributed by atoms with Gasteiger partial charge in [0.2, 0.25) is 0 Å². The zero-order valence-corrected chi connectivity index (χ0v) is 74.3. The fourth-order valence-electron chi connectivity index (χ4n) is 23.1. The van der Waals surface area contributed by atoms with Gasteiger partial charge in [0.1, 0.15) is 11.2 Å². The van der Waals surface area contributed by atoms with E-state index < -0.39 is 0 Å². The van der Waals surface area contributed by atoms with Crippen LogP contribution in [0.25, 0.3) is 266 Å². The molecule has 29 aromatic rings. The van der Waals surface area contributed by atoms with Crippen molar-refractivity contribution in [3.05, 3.63) is 466 Å². The summed E-state index contributed by atoms with van der Waals surface area (Å²) in [6.45, 7) is 4.71. The first kappa shape index (κ1) is 76.0. The monoisotopic (exact) mass is 1720 g/mol. The fraction of sp³-hybridized carbons (Fsp3) is 0.0233. The number of para-hydroxylation sites is 4. The van der Waals surface area contributed by atoms with Crippen LogP contribution in [0.5, 0.6) is 0 Å². The van der Waals surface area contributed by atoms with Crippen LogP contribution in [0.4, 0.5) is 0 Å². The molecule has 0 amide bonds. The number of thiophene rings is 1. The molecule has 0 unspecified atom stereocenters. The van der Waals surface area contributed by atoms with E-state index in [1.165, 1.54) is 250 Å². The van der Waals surface area contributed by atoms with Crippen molar-refractivity contribution in [2.75, 3.05) is 0 Å². The molecule has 0 aliphatic heterocycles. The molecule has 0 spiro atoms. The van der Waals surface area contributed by atoms with Crippen molar-refractivity contribution >= 4 is 216 Å². The lowest BCUT2D eigenvalue weighted by Gasteiger charge is -2.22. The van der Waals surface area contributed by atoms with Gasteiger partial charge in [-0.2, -0.15) is 0 Å². The lowest BCUT2D eigenvalue weighted by atomic mass is 9.82. The van der Waals surface area contributed by atoms with Gasteiger partial charge in [-0.05, 0) is 286 Å². The van der Waals surface area contributed by atoms with Crippen LogP contribution in [-0.4, -0.2) is 13.7 Å². The van der Waals surface area contributed by atoms with Crippen molar-refractivity contribution in [1.29, 1.82) is 0 Å². The van der Waals surface area contributed by atoms with Crippen LogP contribution in [0.2, 0.25) is 0 Å². The van der Waals surface area contributed by atoms with E-state index in [2.05, 4.69) is 470 Å². The number of rotatable bonds is 6. The summed E-state index contributed by atoms with van der Waals surface area (Å²) in [7, 11) is 0. The lowest BCUT2D eigenvalue weighted by Crippen LogP contribution is -2.15. The molecular formula is C129H81N3OS. The van der Waals surface area contributed by atoms with Gasteiger partial charge in [0.25, 0.3) is 0 Å². The highest BCUT2D eigenvalue weighted by molar-refractivity contribution is 7.25. The smallest absolute Gasteiger partial charge is 0.135 e. The molecule has 0 bridgehead atoms. The van der Waals surface area contributed by atoms with Crippen LogP contribution in [0.1, 0.15) is 25.0 Å². The first-order valence-electron chi connectivity index (χ1n) is 46.4. The van der Waals surface area contributed by atoms with Crippen molar-refractivity contribution in [1.82, 2.24) is 13.7 Å². The first-order valence-corrected chi connectivity index (χ1v) is 47.2. The van der Waals surface area contributed by atoms with E-state index in [1.807, 2.05) is 23.5 Å². The van der Waals surface area contributed by atoms with Crippen LogP contribution >= 0.6 is 11.3 Å². The van der Waals surface area contributed by atoms with Crippen molar-refractivity contribution in [3.8, 4) is 61.6 Å². The zero-order chi connectivity index (χ0) is 88.1. The summed E-state index contributed by atoms with van der Waals surface area (Å²) < 4.78 is 16.1. The lowest BCUT2D eigenvalue weighted by molar-refractivity contribution is 0.660. The van der Waals surface area contributed by atoms with E-state index in [0.717, 1.165) is 27.6 Å². The molecule has 0 saturated carbocycles. The third-order valence-corrected chi connectivity index (χ3v) is 30.5. The number of nitrogens with zero attached hydrogens (tertiary/aromatic N) is 3. The Morgan fingerprint density at radius 3 is 0.873 bits per heavy atom. The third-order valence-electron chi connectivity index (χ3n) is 29.3. The third kappa shape index (κ3) is 11.5. The molecule has 30 rings (SSSR count). The van der Waals surface area contributed by atoms with Crippen molar-refractivity contribution in [3.63, 3.8) is 0 Å². The molecule has 5 heterocycles. The summed E-state index contributed by atoms with van der Waals surface area (Å²) in [6, 6.07) is 167. The first-order chi connectivity index (χ1) is 66.2. The summed E-state index contributed by atoms with van der Waals surface area (Å²) in [5, 5.41) is 36.0. The van der Waals surface area contributed by atoms with Crippen LogP contribution in [0.15, 0.2) is 459 Å². The number of hydrogen-bond acceptors (Lipinski definition) is 2. The molecule has 1 aliphatic carbocycles. The van der Waals surface area contributed by atoms with Gasteiger partial charge in [-0.3, -0.25) is 0 Å². The number of furan rings is 1. The zero-order valence-electron chi connectivity index (χ0n) is 73.5. The molecule has 24 aromatic carbocycles. The highest BCUT2D eigenvalue weighted by Crippen LogP contribution is 2.52. The SMILES string of the molecule is CC1(C)c2ccccc2-c2ccc(-n3c4ccccc4c4cc(-c5ccc6c7ccccc7c7ccccc7c6c5)ccc43)cc21.c1ccc2c(c1)oc1ccc(-n3c4ccccc4c4cc(-c5ccc6c7ccccc7c7ccccc7c6c5)ccc43)cc12.c1ccc2c(c1)sc1ccc(-n3c4ccccc4c4cc(-c5ccc6c7ccccc7c7ccccc7c6c5)ccc43)cc12. The quantitative estimate of drug-likeness (QED) is 0.153. The Kier molecular flexibility index (Phi) is 16.7. The van der Waals surface area contributed by atoms with Crippen LogP contribution in [0.3, 0.4) is 0 Å². The van der Waals surface area contributed by atoms with Gasteiger partial charge >= 0.3 is 0 Å². The highest BCUT2D eigenvalue weighted by Gasteiger charge is 2.36. The van der Waals surface area contributed by atoms with Crippen molar-refractivity contribution in [2.24, 2.45) is 0 Å². The Morgan fingerprint density at radius 1 is 0.172 bits per heavy atom. The summed E-state index contributed by atoms with van der Waals surface area (Å²) in [5.41, 5.74) is 25.5. The molecule has 5 aromatic heterocycles. The van der Waals surface area contributed by atoms with E-state index in [-0.39, 0.29) is 5.41 Å². The summed E-state index contributed by atoms with van der Waals surface area (Å²) in [5.74, 6) is 0. The van der Waals surface area contributed by atoms with E-state index in [1.54, 1.807) is 0 Å². The molecule has 0 saturated heterocycles. The standard InChI is InChI=1S/C45H31N.C42H25NO.C42H25NS/c1-45(2)41-17-9-7-15-36(41)37-23-21-30(27-42(37)45)46-43-18-10-8-16-38(43)40-26-29(20-24-44(40)46)28-19-22-35-33-13-4-3-11-31(33)32-12-5-6-14-34(32)39(35)25-28;2*1-2-11-31-29(9-1)30-10-3-4-12-32(30)36-23-26(17-20-33(31)36)27-18-21-40-37(24-27)34-13-5-7-15-39(34)43(40)28-19-22-42-38(25-28)35-14-6-8-16-41(35)44-42/h3-27H,1-2H3;2*1-25H. The maximum absolute atomic E-state index is 6.14. The van der Waals surface area contributed by atoms with E-state index in [4.69, 9.17) is 4.42 Å². The number of hydrogen-bond donors (Lipinski definition) is 0. The summed E-state index contributed by atoms with van der Waals surface area (Å²) in [6.07, 6.45) is 0. The Balaban J connectivity index is 0.000000100. The molecule has 4 nitrogen and oxygen atoms in total. The average molecular weight is 1720 g/mol. The van der Waals surface area contributed by atoms with Gasteiger partial charge in [0.05, 0.1) is 33.1 Å². The molecule has 0 atom stereocenters. The van der Waals surface area contributed by atoms with Gasteiger partial charge in [-0.1, -0.05) is 335 Å². The Hall–Kier alpha value is -17.0. The minimum Gasteiger partial charge on any atom is -0.456 e. The minimum absolute atomic E-state index is 0.0422. The van der Waals surface area contributed by atoms with Gasteiger partial charge in [-0.15, -0.1) is 11.3 Å². The van der Waals surface area contributed by atoms with E-state index >= 15 is 0 Å². The second-order valence-electron chi connectivity index (χ2n) is 36.8. The molecule has 624 valence electrons. The maximum atomic E-state index is 6.14. The second kappa shape index (κ2) is 29.5. The number of aromatic nitrogens is 3. The van der Waals surface area contributed by atoms with Crippen molar-refractivity contribution < 1.29 is 4.42 Å².